The number of hydrogen-bond donors (Lipinski definition) is 6. The normalized spacial score (nSPS) is 13.7. The van der Waals surface area contributed by atoms with E-state index in [0.29, 0.717) is 30.4 Å². The molecule has 18 heteroatoms. The molecule has 0 heterocycles. The number of nitro groups is 1. The van der Waals surface area contributed by atoms with E-state index in [-0.39, 0.29) is 37.1 Å². The summed E-state index contributed by atoms with van der Waals surface area (Å²) in [5, 5.41) is 28.9. The Morgan fingerprint density at radius 2 is 0.918 bits per heavy atom. The Kier molecular flexibility index (Phi) is 25.0. The van der Waals surface area contributed by atoms with E-state index in [1.54, 1.807) is 6.92 Å². The predicted molar refractivity (Wildman–Crippen MR) is 331 cm³/mol. The van der Waals surface area contributed by atoms with Gasteiger partial charge >= 0.3 is 5.97 Å². The van der Waals surface area contributed by atoms with Gasteiger partial charge in [-0.3, -0.25) is 38.9 Å². The highest BCUT2D eigenvalue weighted by Gasteiger charge is 2.40. The largest absolute Gasteiger partial charge is 0.467 e. The standard InChI is InChI=1S/C67H79N7O10S/c1-8-10-14-27-55(61(76)70-56(40-48-32-28-44(3)29-33-48)63(78)72-58(66(81)84-7)42-49-34-30-45(4)31-35-49)69-62(77)57(41-50-36-38-54(39-37-50)74(82)83)71-65(80)60(46(5)9-2)73-64(79)59(68-47(6)75)43-85-67(51-21-15-11-16-22-51,52-23-17-12-18-24-52)53-25-19-13-20-26-53/h11-13,15-26,28-39,46,55-60H,8-10,14,27,40-43H2,1-7H3,(H,68,75)(H,69,77)(H,70,76)(H,71,80)(H,72,78)(H,73,79). The van der Waals surface area contributed by atoms with Gasteiger partial charge in [-0.15, -0.1) is 11.8 Å². The lowest BCUT2D eigenvalue weighted by atomic mass is 9.84. The molecule has 6 N–H and O–H groups in total. The van der Waals surface area contributed by atoms with E-state index in [2.05, 4.69) is 31.9 Å². The first-order valence-corrected chi connectivity index (χ1v) is 29.9. The van der Waals surface area contributed by atoms with Crippen molar-refractivity contribution in [2.24, 2.45) is 5.92 Å². The van der Waals surface area contributed by atoms with Crippen LogP contribution >= 0.6 is 11.8 Å². The maximum atomic E-state index is 15.0. The van der Waals surface area contributed by atoms with Crippen molar-refractivity contribution in [3.63, 3.8) is 0 Å². The van der Waals surface area contributed by atoms with Crippen LogP contribution in [-0.2, 0) is 62.3 Å². The molecule has 0 aromatic heterocycles. The van der Waals surface area contributed by atoms with Crippen LogP contribution in [0.4, 0.5) is 5.69 Å². The molecule has 0 saturated heterocycles. The highest BCUT2D eigenvalue weighted by molar-refractivity contribution is 8.00. The zero-order valence-corrected chi connectivity index (χ0v) is 50.2. The average Bonchev–Trinajstić information content (AvgIpc) is 1.56. The number of carbonyl (C=O) groups is 7. The third-order valence-corrected chi connectivity index (χ3v) is 16.6. The zero-order valence-electron chi connectivity index (χ0n) is 49.4. The fraction of sp³-hybridized carbons (Fsp3) is 0.358. The van der Waals surface area contributed by atoms with Crippen molar-refractivity contribution in [3.8, 4) is 0 Å². The highest BCUT2D eigenvalue weighted by atomic mass is 32.2. The summed E-state index contributed by atoms with van der Waals surface area (Å²) in [5.41, 5.74) is 6.51. The Labute approximate surface area is 502 Å². The van der Waals surface area contributed by atoms with Crippen LogP contribution in [0.5, 0.6) is 0 Å². The van der Waals surface area contributed by atoms with Crippen LogP contribution in [-0.4, -0.2) is 95.4 Å². The van der Waals surface area contributed by atoms with E-state index in [1.165, 1.54) is 50.1 Å². The van der Waals surface area contributed by atoms with Crippen LogP contribution in [0.25, 0.3) is 0 Å². The summed E-state index contributed by atoms with van der Waals surface area (Å²) in [4.78, 5) is 111. The van der Waals surface area contributed by atoms with Gasteiger partial charge in [0, 0.05) is 44.1 Å². The lowest BCUT2D eigenvalue weighted by Gasteiger charge is -2.36. The molecule has 0 spiro atoms. The van der Waals surface area contributed by atoms with Crippen LogP contribution in [0.2, 0.25) is 0 Å². The molecular formula is C67H79N7O10S. The number of thioether (sulfide) groups is 1. The molecule has 0 aliphatic heterocycles. The molecule has 6 aromatic carbocycles. The van der Waals surface area contributed by atoms with Gasteiger partial charge in [0.25, 0.3) is 5.69 Å². The van der Waals surface area contributed by atoms with Crippen molar-refractivity contribution in [2.75, 3.05) is 12.9 Å². The van der Waals surface area contributed by atoms with Gasteiger partial charge in [0.15, 0.2) is 0 Å². The summed E-state index contributed by atoms with van der Waals surface area (Å²) in [7, 11) is 1.23. The summed E-state index contributed by atoms with van der Waals surface area (Å²) in [6.07, 6.45) is 2.42. The van der Waals surface area contributed by atoms with Crippen LogP contribution in [0, 0.1) is 29.9 Å². The van der Waals surface area contributed by atoms with Gasteiger partial charge in [0.2, 0.25) is 35.4 Å². The predicted octanol–water partition coefficient (Wildman–Crippen LogP) is 8.69. The molecule has 7 atom stereocenters. The first-order valence-electron chi connectivity index (χ1n) is 28.9. The van der Waals surface area contributed by atoms with Gasteiger partial charge < -0.3 is 36.6 Å². The molecule has 0 bridgehead atoms. The summed E-state index contributed by atoms with van der Waals surface area (Å²) in [6.45, 7) is 10.8. The number of ether oxygens (including phenoxy) is 1. The van der Waals surface area contributed by atoms with Crippen molar-refractivity contribution in [2.45, 2.75) is 134 Å². The maximum absolute atomic E-state index is 15.0. The molecule has 0 aliphatic carbocycles. The molecule has 6 amide bonds. The SMILES string of the molecule is CCCCCC(NC(=O)C(Cc1ccc([N+](=O)[O-])cc1)NC(=O)C(NC(=O)C(CSC(c1ccccc1)(c1ccccc1)c1ccccc1)NC(C)=O)C(C)CC)C(=O)NC(Cc1ccc(C)cc1)C(=O)NC(Cc1ccc(C)cc1)C(=O)OC. The topological polar surface area (TPSA) is 244 Å². The molecule has 17 nitrogen and oxygen atoms in total. The second-order valence-electron chi connectivity index (χ2n) is 21.5. The average molecular weight is 1170 g/mol. The van der Waals surface area contributed by atoms with E-state index in [0.717, 1.165) is 39.8 Å². The van der Waals surface area contributed by atoms with Gasteiger partial charge in [-0.2, -0.15) is 0 Å². The second kappa shape index (κ2) is 32.4. The number of esters is 1. The van der Waals surface area contributed by atoms with Crippen LogP contribution in [0.15, 0.2) is 164 Å². The summed E-state index contributed by atoms with van der Waals surface area (Å²) in [5.74, 6) is -5.16. The van der Waals surface area contributed by atoms with Crippen LogP contribution in [0.3, 0.4) is 0 Å². The lowest BCUT2D eigenvalue weighted by molar-refractivity contribution is -0.384. The minimum atomic E-state index is -1.42. The number of benzene rings is 6. The van der Waals surface area contributed by atoms with Gasteiger partial charge in [0.1, 0.15) is 36.3 Å². The molecule has 0 fully saturated rings. The Balaban J connectivity index is 1.30. The molecular weight excluding hydrogens is 1090 g/mol. The second-order valence-corrected chi connectivity index (χ2v) is 22.7. The number of nitrogens with one attached hydrogen (secondary N) is 6. The number of amides is 6. The van der Waals surface area contributed by atoms with Gasteiger partial charge in [-0.1, -0.05) is 209 Å². The summed E-state index contributed by atoms with van der Waals surface area (Å²) >= 11 is 1.46. The number of rotatable bonds is 31. The Bertz CT molecular complexity index is 3070. The molecule has 0 aliphatic rings. The summed E-state index contributed by atoms with van der Waals surface area (Å²) in [6, 6.07) is 42.6. The van der Waals surface area contributed by atoms with E-state index in [9.17, 15) is 43.7 Å². The van der Waals surface area contributed by atoms with E-state index < -0.39 is 93.3 Å². The third-order valence-electron chi connectivity index (χ3n) is 15.0. The number of nitro benzene ring substituents is 1. The van der Waals surface area contributed by atoms with E-state index in [1.807, 2.05) is 167 Å². The summed E-state index contributed by atoms with van der Waals surface area (Å²) < 4.78 is 4.24. The number of nitrogens with zero attached hydrogens (tertiary/aromatic N) is 1. The zero-order chi connectivity index (χ0) is 61.5. The minimum Gasteiger partial charge on any atom is -0.467 e. The Hall–Kier alpha value is -8.64. The molecule has 6 aromatic rings. The maximum Gasteiger partial charge on any atom is 0.328 e. The quantitative estimate of drug-likeness (QED) is 0.00791. The Morgan fingerprint density at radius 1 is 0.518 bits per heavy atom. The van der Waals surface area contributed by atoms with Gasteiger partial charge in [0.05, 0.1) is 16.8 Å². The number of non-ortho nitro benzene ring substituents is 1. The van der Waals surface area contributed by atoms with E-state index in [4.69, 9.17) is 4.74 Å². The minimum absolute atomic E-state index is 0.0168. The number of methoxy groups -OCH3 is 1. The molecule has 6 rings (SSSR count). The monoisotopic (exact) mass is 1170 g/mol. The smallest absolute Gasteiger partial charge is 0.328 e. The highest BCUT2D eigenvalue weighted by Crippen LogP contribution is 2.48. The molecule has 7 unspecified atom stereocenters. The van der Waals surface area contributed by atoms with Gasteiger partial charge in [-0.05, 0) is 59.6 Å². The fourth-order valence-corrected chi connectivity index (χ4v) is 11.5. The van der Waals surface area contributed by atoms with Crippen LogP contribution < -0.4 is 31.9 Å². The number of carbonyl (C=O) groups excluding carboxylic acids is 7. The molecule has 0 saturated carbocycles. The first-order chi connectivity index (χ1) is 40.8. The molecule has 448 valence electrons. The van der Waals surface area contributed by atoms with E-state index >= 15 is 0 Å². The van der Waals surface area contributed by atoms with Gasteiger partial charge in [-0.25, -0.2) is 4.79 Å². The first kappa shape index (κ1) is 65.5. The number of hydrogen-bond acceptors (Lipinski definition) is 11. The van der Waals surface area contributed by atoms with Crippen molar-refractivity contribution in [1.82, 2.24) is 31.9 Å². The number of aryl methyl sites for hydroxylation is 2. The third kappa shape index (κ3) is 18.9. The van der Waals surface area contributed by atoms with Crippen molar-refractivity contribution < 1.29 is 43.2 Å². The van der Waals surface area contributed by atoms with Crippen molar-refractivity contribution in [1.29, 1.82) is 0 Å². The Morgan fingerprint density at radius 3 is 1.34 bits per heavy atom. The van der Waals surface area contributed by atoms with Crippen molar-refractivity contribution in [3.05, 3.63) is 218 Å². The number of unbranched alkanes of at least 4 members (excludes halogenated alkanes) is 2. The molecule has 85 heavy (non-hydrogen) atoms. The molecule has 0 radical (unpaired) electrons. The van der Waals surface area contributed by atoms with Crippen molar-refractivity contribution >= 4 is 58.9 Å². The fourth-order valence-electron chi connectivity index (χ4n) is 9.97. The van der Waals surface area contributed by atoms with Crippen LogP contribution in [0.1, 0.15) is 104 Å². The lowest BCUT2D eigenvalue weighted by Crippen LogP contribution is -2.61.